The molecule has 0 aliphatic carbocycles. The molecule has 1 aromatic carbocycles. The summed E-state index contributed by atoms with van der Waals surface area (Å²) >= 11 is 0. The van der Waals surface area contributed by atoms with Gasteiger partial charge in [0.1, 0.15) is 0 Å². The molecule has 1 rings (SSSR count). The van der Waals surface area contributed by atoms with Crippen molar-refractivity contribution in [3.8, 4) is 0 Å². The van der Waals surface area contributed by atoms with Gasteiger partial charge in [0.05, 0.1) is 6.61 Å². The van der Waals surface area contributed by atoms with Gasteiger partial charge in [0, 0.05) is 13.0 Å². The van der Waals surface area contributed by atoms with Gasteiger partial charge in [-0.1, -0.05) is 69.7 Å². The predicted octanol–water partition coefficient (Wildman–Crippen LogP) is 4.97. The van der Waals surface area contributed by atoms with E-state index in [1.807, 2.05) is 24.3 Å². The van der Waals surface area contributed by atoms with Gasteiger partial charge in [-0.15, -0.1) is 0 Å². The summed E-state index contributed by atoms with van der Waals surface area (Å²) in [5, 5.41) is 8.66. The second-order valence-electron chi connectivity index (χ2n) is 5.88. The third-order valence-electron chi connectivity index (χ3n) is 3.81. The average molecular weight is 306 g/mol. The van der Waals surface area contributed by atoms with Gasteiger partial charge in [-0.3, -0.25) is 4.79 Å². The van der Waals surface area contributed by atoms with E-state index in [4.69, 9.17) is 9.84 Å². The normalized spacial score (nSPS) is 10.8. The van der Waals surface area contributed by atoms with Crippen molar-refractivity contribution in [1.82, 2.24) is 0 Å². The van der Waals surface area contributed by atoms with E-state index in [1.165, 1.54) is 38.5 Å². The van der Waals surface area contributed by atoms with Crippen molar-refractivity contribution in [3.63, 3.8) is 0 Å². The third-order valence-corrected chi connectivity index (χ3v) is 3.81. The van der Waals surface area contributed by atoms with Crippen LogP contribution < -0.4 is 0 Å². The van der Waals surface area contributed by atoms with Gasteiger partial charge in [0.25, 0.3) is 0 Å². The van der Waals surface area contributed by atoms with Crippen LogP contribution in [0.4, 0.5) is 0 Å². The number of unbranched alkanes of at least 4 members (excludes halogenated alkanes) is 6. The smallest absolute Gasteiger partial charge is 0.303 e. The molecule has 3 heteroatoms. The highest BCUT2D eigenvalue weighted by Gasteiger charge is 2.00. The first-order chi connectivity index (χ1) is 10.7. The number of aliphatic carboxylic acids is 1. The number of carbonyl (C=O) groups is 1. The van der Waals surface area contributed by atoms with Crippen molar-refractivity contribution >= 4 is 5.97 Å². The molecule has 0 fully saturated rings. The number of hydrogen-bond acceptors (Lipinski definition) is 2. The molecule has 1 N–H and O–H groups in total. The maximum Gasteiger partial charge on any atom is 0.303 e. The van der Waals surface area contributed by atoms with Gasteiger partial charge >= 0.3 is 5.97 Å². The first-order valence-electron chi connectivity index (χ1n) is 8.59. The molecule has 0 aromatic heterocycles. The fourth-order valence-corrected chi connectivity index (χ4v) is 2.40. The van der Waals surface area contributed by atoms with Gasteiger partial charge in [0.15, 0.2) is 0 Å². The van der Waals surface area contributed by atoms with E-state index in [1.54, 1.807) is 0 Å². The lowest BCUT2D eigenvalue weighted by Gasteiger charge is -2.06. The zero-order valence-corrected chi connectivity index (χ0v) is 13.9. The molecule has 0 amide bonds. The molecule has 0 spiro atoms. The molecule has 0 radical (unpaired) electrons. The molecule has 3 nitrogen and oxygen atoms in total. The Bertz CT molecular complexity index is 398. The zero-order chi connectivity index (χ0) is 16.0. The number of benzene rings is 1. The molecule has 0 bridgehead atoms. The molecule has 1 aromatic rings. The highest BCUT2D eigenvalue weighted by molar-refractivity contribution is 5.67. The molecule has 124 valence electrons. The largest absolute Gasteiger partial charge is 0.481 e. The summed E-state index contributed by atoms with van der Waals surface area (Å²) in [7, 11) is 0. The van der Waals surface area contributed by atoms with Gasteiger partial charge in [-0.25, -0.2) is 0 Å². The van der Waals surface area contributed by atoms with E-state index >= 15 is 0 Å². The van der Waals surface area contributed by atoms with Gasteiger partial charge in [-0.05, 0) is 24.0 Å². The van der Waals surface area contributed by atoms with Gasteiger partial charge < -0.3 is 9.84 Å². The molecule has 22 heavy (non-hydrogen) atoms. The molecule has 0 saturated carbocycles. The van der Waals surface area contributed by atoms with Crippen LogP contribution in [-0.2, 0) is 22.6 Å². The SMILES string of the molecule is CCCCCCCCCOCc1ccc(CCC(=O)O)cc1. The van der Waals surface area contributed by atoms with Crippen LogP contribution in [0.3, 0.4) is 0 Å². The predicted molar refractivity (Wildman–Crippen MR) is 90.0 cm³/mol. The first kappa shape index (κ1) is 18.7. The van der Waals surface area contributed by atoms with Crippen molar-refractivity contribution in [1.29, 1.82) is 0 Å². The molecule has 0 heterocycles. The summed E-state index contributed by atoms with van der Waals surface area (Å²) < 4.78 is 5.69. The van der Waals surface area contributed by atoms with Crippen molar-refractivity contribution in [2.75, 3.05) is 6.61 Å². The van der Waals surface area contributed by atoms with Crippen molar-refractivity contribution in [3.05, 3.63) is 35.4 Å². The van der Waals surface area contributed by atoms with Gasteiger partial charge in [-0.2, -0.15) is 0 Å². The summed E-state index contributed by atoms with van der Waals surface area (Å²) in [5.74, 6) is -0.748. The maximum atomic E-state index is 10.5. The molecule has 0 aliphatic heterocycles. The first-order valence-corrected chi connectivity index (χ1v) is 8.59. The number of aryl methyl sites for hydroxylation is 1. The lowest BCUT2D eigenvalue weighted by molar-refractivity contribution is -0.136. The summed E-state index contributed by atoms with van der Waals surface area (Å²) in [6.07, 6.45) is 9.89. The highest BCUT2D eigenvalue weighted by Crippen LogP contribution is 2.10. The number of hydrogen-bond donors (Lipinski definition) is 1. The van der Waals surface area contributed by atoms with Crippen LogP contribution in [-0.4, -0.2) is 17.7 Å². The summed E-state index contributed by atoms with van der Waals surface area (Å²) in [6, 6.07) is 8.05. The number of rotatable bonds is 13. The van der Waals surface area contributed by atoms with Crippen LogP contribution in [0.2, 0.25) is 0 Å². The molecule has 0 atom stereocenters. The van der Waals surface area contributed by atoms with Crippen LogP contribution in [0.1, 0.15) is 69.4 Å². The fraction of sp³-hybridized carbons (Fsp3) is 0.632. The molecular weight excluding hydrogens is 276 g/mol. The minimum Gasteiger partial charge on any atom is -0.481 e. The van der Waals surface area contributed by atoms with E-state index in [-0.39, 0.29) is 6.42 Å². The summed E-state index contributed by atoms with van der Waals surface area (Å²) in [4.78, 5) is 10.5. The van der Waals surface area contributed by atoms with E-state index in [0.29, 0.717) is 13.0 Å². The molecule has 0 aliphatic rings. The van der Waals surface area contributed by atoms with E-state index < -0.39 is 5.97 Å². The molecular formula is C19H30O3. The average Bonchev–Trinajstić information content (AvgIpc) is 2.52. The van der Waals surface area contributed by atoms with E-state index in [0.717, 1.165) is 24.2 Å². The fourth-order valence-electron chi connectivity index (χ4n) is 2.40. The third kappa shape index (κ3) is 9.56. The Morgan fingerprint density at radius 1 is 0.955 bits per heavy atom. The molecule has 0 saturated heterocycles. The Hall–Kier alpha value is -1.35. The van der Waals surface area contributed by atoms with E-state index in [9.17, 15) is 4.79 Å². The Labute approximate surface area is 134 Å². The minimum absolute atomic E-state index is 0.189. The Balaban J connectivity index is 2.04. The Kier molecular flexibility index (Phi) is 10.4. The highest BCUT2D eigenvalue weighted by atomic mass is 16.5. The molecule has 0 unspecified atom stereocenters. The lowest BCUT2D eigenvalue weighted by Crippen LogP contribution is -1.98. The van der Waals surface area contributed by atoms with Crippen LogP contribution >= 0.6 is 0 Å². The standard InChI is InChI=1S/C19H30O3/c1-2-3-4-5-6-7-8-15-22-16-18-11-9-17(10-12-18)13-14-19(20)21/h9-12H,2-8,13-16H2,1H3,(H,20,21). The summed E-state index contributed by atoms with van der Waals surface area (Å²) in [6.45, 7) is 3.72. The van der Waals surface area contributed by atoms with Crippen molar-refractivity contribution in [2.45, 2.75) is 71.3 Å². The van der Waals surface area contributed by atoms with E-state index in [2.05, 4.69) is 6.92 Å². The Morgan fingerprint density at radius 2 is 1.55 bits per heavy atom. The van der Waals surface area contributed by atoms with Crippen LogP contribution in [0, 0.1) is 0 Å². The Morgan fingerprint density at radius 3 is 2.18 bits per heavy atom. The van der Waals surface area contributed by atoms with Crippen LogP contribution in [0.5, 0.6) is 0 Å². The maximum absolute atomic E-state index is 10.5. The number of ether oxygens (including phenoxy) is 1. The summed E-state index contributed by atoms with van der Waals surface area (Å²) in [5.41, 5.74) is 2.22. The second kappa shape index (κ2) is 12.2. The topological polar surface area (TPSA) is 46.5 Å². The quantitative estimate of drug-likeness (QED) is 0.523. The van der Waals surface area contributed by atoms with Crippen LogP contribution in [0.15, 0.2) is 24.3 Å². The van der Waals surface area contributed by atoms with Gasteiger partial charge in [0.2, 0.25) is 0 Å². The van der Waals surface area contributed by atoms with Crippen LogP contribution in [0.25, 0.3) is 0 Å². The van der Waals surface area contributed by atoms with Crippen molar-refractivity contribution < 1.29 is 14.6 Å². The van der Waals surface area contributed by atoms with Crippen molar-refractivity contribution in [2.24, 2.45) is 0 Å². The monoisotopic (exact) mass is 306 g/mol. The number of carboxylic acid groups (broad SMARTS) is 1. The lowest BCUT2D eigenvalue weighted by atomic mass is 10.1. The number of carboxylic acids is 1. The second-order valence-corrected chi connectivity index (χ2v) is 5.88. The minimum atomic E-state index is -0.748. The zero-order valence-electron chi connectivity index (χ0n) is 13.9.